The Bertz CT molecular complexity index is 314. The van der Waals surface area contributed by atoms with Crippen molar-refractivity contribution in [2.45, 2.75) is 6.42 Å². The van der Waals surface area contributed by atoms with Crippen molar-refractivity contribution in [3.63, 3.8) is 0 Å². The van der Waals surface area contributed by atoms with E-state index in [2.05, 4.69) is 4.98 Å². The van der Waals surface area contributed by atoms with Gasteiger partial charge in [0.1, 0.15) is 0 Å². The summed E-state index contributed by atoms with van der Waals surface area (Å²) < 4.78 is 24.6. The van der Waals surface area contributed by atoms with Crippen LogP contribution in [0.25, 0.3) is 0 Å². The summed E-state index contributed by atoms with van der Waals surface area (Å²) in [6, 6.07) is 1.98. The van der Waals surface area contributed by atoms with Gasteiger partial charge in [0.25, 0.3) is 0 Å². The van der Waals surface area contributed by atoms with Crippen molar-refractivity contribution in [1.29, 1.82) is 0 Å². The molecule has 64 valence electrons. The quantitative estimate of drug-likeness (QED) is 0.678. The van der Waals surface area contributed by atoms with Crippen molar-refractivity contribution in [3.05, 3.63) is 29.6 Å². The molecule has 0 unspecified atom stereocenters. The molecular formula is C7H5F2NO2. The molecule has 0 aliphatic heterocycles. The van der Waals surface area contributed by atoms with E-state index in [4.69, 9.17) is 5.11 Å². The normalized spacial score (nSPS) is 9.83. The second kappa shape index (κ2) is 3.25. The lowest BCUT2D eigenvalue weighted by molar-refractivity contribution is -0.136. The van der Waals surface area contributed by atoms with Crippen LogP contribution in [-0.4, -0.2) is 16.1 Å². The van der Waals surface area contributed by atoms with Gasteiger partial charge in [-0.1, -0.05) is 0 Å². The number of hydrogen-bond donors (Lipinski definition) is 1. The monoisotopic (exact) mass is 173 g/mol. The lowest BCUT2D eigenvalue weighted by Gasteiger charge is -1.95. The highest BCUT2D eigenvalue weighted by molar-refractivity contribution is 5.69. The van der Waals surface area contributed by atoms with Crippen LogP contribution in [0.1, 0.15) is 5.69 Å². The zero-order valence-corrected chi connectivity index (χ0v) is 5.92. The van der Waals surface area contributed by atoms with E-state index in [9.17, 15) is 13.6 Å². The largest absolute Gasteiger partial charge is 0.481 e. The average Bonchev–Trinajstić information content (AvgIpc) is 1.96. The number of pyridine rings is 1. The van der Waals surface area contributed by atoms with Gasteiger partial charge in [0.2, 0.25) is 5.95 Å². The molecule has 0 bridgehead atoms. The summed E-state index contributed by atoms with van der Waals surface area (Å²) in [6.45, 7) is 0. The Hall–Kier alpha value is -1.52. The average molecular weight is 173 g/mol. The van der Waals surface area contributed by atoms with Gasteiger partial charge in [-0.25, -0.2) is 9.37 Å². The molecule has 3 nitrogen and oxygen atoms in total. The number of hydrogen-bond acceptors (Lipinski definition) is 2. The molecule has 1 aromatic heterocycles. The first-order chi connectivity index (χ1) is 5.59. The highest BCUT2D eigenvalue weighted by atomic mass is 19.2. The summed E-state index contributed by atoms with van der Waals surface area (Å²) in [5, 5.41) is 8.27. The summed E-state index contributed by atoms with van der Waals surface area (Å²) >= 11 is 0. The maximum absolute atomic E-state index is 12.4. The van der Waals surface area contributed by atoms with Gasteiger partial charge in [0.15, 0.2) is 5.82 Å². The maximum Gasteiger partial charge on any atom is 0.309 e. The topological polar surface area (TPSA) is 50.2 Å². The van der Waals surface area contributed by atoms with E-state index in [0.717, 1.165) is 12.1 Å². The smallest absolute Gasteiger partial charge is 0.309 e. The van der Waals surface area contributed by atoms with Gasteiger partial charge in [-0.15, -0.1) is 0 Å². The van der Waals surface area contributed by atoms with Crippen LogP contribution in [0.5, 0.6) is 0 Å². The van der Waals surface area contributed by atoms with E-state index in [1.54, 1.807) is 0 Å². The van der Waals surface area contributed by atoms with Gasteiger partial charge in [-0.3, -0.25) is 4.79 Å². The molecule has 0 amide bonds. The third kappa shape index (κ3) is 1.98. The van der Waals surface area contributed by atoms with Gasteiger partial charge in [0.05, 0.1) is 12.1 Å². The van der Waals surface area contributed by atoms with Crippen LogP contribution in [0.2, 0.25) is 0 Å². The molecule has 0 aliphatic carbocycles. The Morgan fingerprint density at radius 1 is 1.50 bits per heavy atom. The Morgan fingerprint density at radius 2 is 2.17 bits per heavy atom. The lowest BCUT2D eigenvalue weighted by Crippen LogP contribution is -2.04. The Kier molecular flexibility index (Phi) is 2.32. The minimum Gasteiger partial charge on any atom is -0.481 e. The van der Waals surface area contributed by atoms with Crippen LogP contribution >= 0.6 is 0 Å². The summed E-state index contributed by atoms with van der Waals surface area (Å²) in [6.07, 6.45) is -0.406. The molecule has 1 rings (SSSR count). The first-order valence-corrected chi connectivity index (χ1v) is 3.12. The summed E-state index contributed by atoms with van der Waals surface area (Å²) in [5.41, 5.74) is 0.00130. The zero-order valence-electron chi connectivity index (χ0n) is 5.92. The van der Waals surface area contributed by atoms with E-state index in [1.165, 1.54) is 0 Å². The Labute approximate surface area is 66.7 Å². The van der Waals surface area contributed by atoms with Crippen molar-refractivity contribution in [2.75, 3.05) is 0 Å². The zero-order chi connectivity index (χ0) is 9.14. The third-order valence-electron chi connectivity index (χ3n) is 1.19. The minimum absolute atomic E-state index is 0.00130. The van der Waals surface area contributed by atoms with E-state index >= 15 is 0 Å². The summed E-state index contributed by atoms with van der Waals surface area (Å²) in [5.74, 6) is -3.48. The molecule has 5 heteroatoms. The van der Waals surface area contributed by atoms with Gasteiger partial charge in [0, 0.05) is 0 Å². The van der Waals surface area contributed by atoms with Crippen LogP contribution in [0.4, 0.5) is 8.78 Å². The first-order valence-electron chi connectivity index (χ1n) is 3.12. The third-order valence-corrected chi connectivity index (χ3v) is 1.19. The highest BCUT2D eigenvalue weighted by Gasteiger charge is 2.06. The van der Waals surface area contributed by atoms with E-state index in [0.29, 0.717) is 0 Å². The molecule has 0 fully saturated rings. The predicted molar refractivity (Wildman–Crippen MR) is 35.5 cm³/mol. The van der Waals surface area contributed by atoms with Crippen LogP contribution in [0, 0.1) is 11.8 Å². The van der Waals surface area contributed by atoms with E-state index in [1.807, 2.05) is 0 Å². The number of carboxylic acids is 1. The highest BCUT2D eigenvalue weighted by Crippen LogP contribution is 2.04. The fraction of sp³-hybridized carbons (Fsp3) is 0.143. The summed E-state index contributed by atoms with van der Waals surface area (Å²) in [7, 11) is 0. The maximum atomic E-state index is 12.4. The van der Waals surface area contributed by atoms with E-state index in [-0.39, 0.29) is 5.69 Å². The number of aliphatic carboxylic acids is 1. The van der Waals surface area contributed by atoms with Crippen molar-refractivity contribution in [2.24, 2.45) is 0 Å². The fourth-order valence-electron chi connectivity index (χ4n) is 0.708. The standard InChI is InChI=1S/C7H5F2NO2/c8-5-2-1-4(3-6(11)12)10-7(5)9/h1-2H,3H2,(H,11,12). The number of nitrogens with zero attached hydrogens (tertiary/aromatic N) is 1. The molecule has 1 N–H and O–H groups in total. The second-order valence-electron chi connectivity index (χ2n) is 2.15. The number of carboxylic acid groups (broad SMARTS) is 1. The molecular weight excluding hydrogens is 168 g/mol. The van der Waals surface area contributed by atoms with Crippen molar-refractivity contribution in [3.8, 4) is 0 Å². The number of halogens is 2. The molecule has 0 saturated heterocycles. The fourth-order valence-corrected chi connectivity index (χ4v) is 0.708. The lowest BCUT2D eigenvalue weighted by atomic mass is 10.3. The van der Waals surface area contributed by atoms with Gasteiger partial charge < -0.3 is 5.11 Å². The molecule has 0 saturated carbocycles. The van der Waals surface area contributed by atoms with Crippen molar-refractivity contribution >= 4 is 5.97 Å². The van der Waals surface area contributed by atoms with Crippen LogP contribution in [0.15, 0.2) is 12.1 Å². The first kappa shape index (κ1) is 8.58. The molecule has 0 spiro atoms. The van der Waals surface area contributed by atoms with Crippen molar-refractivity contribution < 1.29 is 18.7 Å². The number of carbonyl (C=O) groups is 1. The van der Waals surface area contributed by atoms with Crippen LogP contribution in [-0.2, 0) is 11.2 Å². The van der Waals surface area contributed by atoms with Gasteiger partial charge >= 0.3 is 5.97 Å². The Morgan fingerprint density at radius 3 is 2.67 bits per heavy atom. The second-order valence-corrected chi connectivity index (χ2v) is 2.15. The molecule has 0 aliphatic rings. The molecule has 1 heterocycles. The summed E-state index contributed by atoms with van der Waals surface area (Å²) in [4.78, 5) is 13.2. The predicted octanol–water partition coefficient (Wildman–Crippen LogP) is 0.987. The molecule has 12 heavy (non-hydrogen) atoms. The van der Waals surface area contributed by atoms with E-state index < -0.39 is 24.2 Å². The molecule has 0 aromatic carbocycles. The Balaban J connectivity index is 2.89. The van der Waals surface area contributed by atoms with Crippen molar-refractivity contribution in [1.82, 2.24) is 4.98 Å². The molecule has 0 radical (unpaired) electrons. The van der Waals surface area contributed by atoms with Gasteiger partial charge in [-0.05, 0) is 12.1 Å². The van der Waals surface area contributed by atoms with Gasteiger partial charge in [-0.2, -0.15) is 4.39 Å². The number of rotatable bonds is 2. The number of aromatic nitrogens is 1. The van der Waals surface area contributed by atoms with Crippen LogP contribution < -0.4 is 0 Å². The van der Waals surface area contributed by atoms with Crippen LogP contribution in [0.3, 0.4) is 0 Å². The minimum atomic E-state index is -1.27. The SMILES string of the molecule is O=C(O)Cc1ccc(F)c(F)n1. The molecule has 1 aromatic rings. The molecule has 0 atom stereocenters.